The molecule has 208 valence electrons. The van der Waals surface area contributed by atoms with Crippen molar-refractivity contribution < 1.29 is 27.8 Å². The number of rotatable bonds is 8. The molecule has 0 bridgehead atoms. The lowest BCUT2D eigenvalue weighted by atomic mass is 9.81. The Bertz CT molecular complexity index is 1430. The van der Waals surface area contributed by atoms with Gasteiger partial charge in [0, 0.05) is 47.2 Å². The summed E-state index contributed by atoms with van der Waals surface area (Å²) in [6.07, 6.45) is 1.94. The molecule has 1 N–H and O–H groups in total. The lowest BCUT2D eigenvalue weighted by Gasteiger charge is -2.29. The molecule has 3 aromatic rings. The van der Waals surface area contributed by atoms with Gasteiger partial charge in [-0.15, -0.1) is 0 Å². The second-order valence-electron chi connectivity index (χ2n) is 11.0. The molecule has 0 radical (unpaired) electrons. The Hall–Kier alpha value is -3.72. The van der Waals surface area contributed by atoms with Gasteiger partial charge in [-0.3, -0.25) is 4.79 Å². The van der Waals surface area contributed by atoms with Crippen molar-refractivity contribution in [1.82, 2.24) is 14.8 Å². The van der Waals surface area contributed by atoms with Gasteiger partial charge in [0.1, 0.15) is 5.75 Å². The fourth-order valence-corrected chi connectivity index (χ4v) is 4.87. The molecule has 2 aromatic carbocycles. The molecule has 1 aliphatic heterocycles. The van der Waals surface area contributed by atoms with Crippen molar-refractivity contribution >= 4 is 28.4 Å². The van der Waals surface area contributed by atoms with E-state index >= 15 is 0 Å². The van der Waals surface area contributed by atoms with E-state index in [0.717, 1.165) is 41.6 Å². The van der Waals surface area contributed by atoms with E-state index < -0.39 is 28.9 Å². The molecular weight excluding hydrogens is 504 g/mol. The number of hydrogen-bond acceptors (Lipinski definition) is 5. The molecule has 0 unspecified atom stereocenters. The smallest absolute Gasteiger partial charge is 0.342 e. The molecule has 1 amide bonds. The third kappa shape index (κ3) is 6.14. The summed E-state index contributed by atoms with van der Waals surface area (Å²) in [7, 11) is 4.03. The molecule has 0 aliphatic carbocycles. The summed E-state index contributed by atoms with van der Waals surface area (Å²) in [6, 6.07) is 8.77. The highest BCUT2D eigenvalue weighted by molar-refractivity contribution is 6.18. The van der Waals surface area contributed by atoms with Crippen LogP contribution < -0.4 is 4.74 Å². The van der Waals surface area contributed by atoms with Gasteiger partial charge in [-0.1, -0.05) is 13.8 Å². The second-order valence-corrected chi connectivity index (χ2v) is 11.0. The number of carbonyl (C=O) groups is 2. The first kappa shape index (κ1) is 28.3. The van der Waals surface area contributed by atoms with Crippen molar-refractivity contribution in [3.8, 4) is 5.75 Å². The van der Waals surface area contributed by atoms with Gasteiger partial charge in [-0.05, 0) is 70.3 Å². The minimum Gasteiger partial charge on any atom is -0.493 e. The van der Waals surface area contributed by atoms with Crippen molar-refractivity contribution in [3.05, 3.63) is 71.1 Å². The van der Waals surface area contributed by atoms with Crippen LogP contribution in [0.4, 0.5) is 8.78 Å². The number of esters is 1. The molecule has 9 heteroatoms. The zero-order valence-corrected chi connectivity index (χ0v) is 23.2. The van der Waals surface area contributed by atoms with Gasteiger partial charge < -0.3 is 24.3 Å². The number of hydrogen-bond donors (Lipinski definition) is 1. The molecular formula is C30H35F2N3O4. The first-order chi connectivity index (χ1) is 18.4. The zero-order chi connectivity index (χ0) is 28.5. The first-order valence-corrected chi connectivity index (χ1v) is 13.0. The Balaban J connectivity index is 1.78. The number of halogens is 2. The fourth-order valence-electron chi connectivity index (χ4n) is 4.87. The number of fused-ring (bicyclic) bond motifs is 3. The minimum absolute atomic E-state index is 0.0241. The number of nitrogens with one attached hydrogen (secondary N) is 1. The van der Waals surface area contributed by atoms with Crippen LogP contribution in [0.5, 0.6) is 5.75 Å². The van der Waals surface area contributed by atoms with Crippen LogP contribution in [-0.2, 0) is 14.9 Å². The Kier molecular flexibility index (Phi) is 8.11. The van der Waals surface area contributed by atoms with E-state index in [1.165, 1.54) is 17.2 Å². The molecule has 4 rings (SSSR count). The van der Waals surface area contributed by atoms with Crippen molar-refractivity contribution in [3.63, 3.8) is 0 Å². The molecule has 7 nitrogen and oxygen atoms in total. The maximum Gasteiger partial charge on any atom is 0.342 e. The molecule has 0 spiro atoms. The Morgan fingerprint density at radius 1 is 1.10 bits per heavy atom. The summed E-state index contributed by atoms with van der Waals surface area (Å²) in [5.74, 6) is -2.60. The molecule has 0 atom stereocenters. The standard InChI is InChI=1S/C30H35F2N3O4/c1-18(2)39-29(37)22-16-35(28(36)19-8-11-23(31)24(32)14-19)17-30(3,4)26-21-10-9-20(15-25(21)33-27(22)26)38-13-7-12-34(5)6/h8-11,14-16,18,33H,7,12-13,17H2,1-6H3. The van der Waals surface area contributed by atoms with Crippen LogP contribution in [0.3, 0.4) is 0 Å². The summed E-state index contributed by atoms with van der Waals surface area (Å²) >= 11 is 0. The van der Waals surface area contributed by atoms with E-state index in [1.807, 2.05) is 46.1 Å². The van der Waals surface area contributed by atoms with Gasteiger partial charge in [0.25, 0.3) is 5.91 Å². The average molecular weight is 540 g/mol. The highest BCUT2D eigenvalue weighted by Crippen LogP contribution is 2.41. The van der Waals surface area contributed by atoms with E-state index in [9.17, 15) is 18.4 Å². The number of aromatic amines is 1. The van der Waals surface area contributed by atoms with E-state index in [0.29, 0.717) is 18.1 Å². The monoisotopic (exact) mass is 539 g/mol. The van der Waals surface area contributed by atoms with Gasteiger partial charge in [0.2, 0.25) is 0 Å². The normalized spacial score (nSPS) is 14.8. The molecule has 0 saturated carbocycles. The molecule has 0 fully saturated rings. The topological polar surface area (TPSA) is 74.9 Å². The van der Waals surface area contributed by atoms with Gasteiger partial charge in [-0.2, -0.15) is 0 Å². The van der Waals surface area contributed by atoms with Crippen LogP contribution in [0.2, 0.25) is 0 Å². The van der Waals surface area contributed by atoms with Gasteiger partial charge >= 0.3 is 5.97 Å². The number of nitrogens with zero attached hydrogens (tertiary/aromatic N) is 2. The van der Waals surface area contributed by atoms with E-state index in [1.54, 1.807) is 13.8 Å². The van der Waals surface area contributed by atoms with Crippen LogP contribution in [0.25, 0.3) is 16.5 Å². The SMILES string of the molecule is CC(C)OC(=O)C1=CN(C(=O)c2ccc(F)c(F)c2)CC(C)(C)c2c1[nH]c1cc(OCCCN(C)C)ccc21. The fraction of sp³-hybridized carbons (Fsp3) is 0.400. The van der Waals surface area contributed by atoms with Gasteiger partial charge in [-0.25, -0.2) is 13.6 Å². The summed E-state index contributed by atoms with van der Waals surface area (Å²) in [4.78, 5) is 33.6. The largest absolute Gasteiger partial charge is 0.493 e. The average Bonchev–Trinajstić information content (AvgIpc) is 3.19. The van der Waals surface area contributed by atoms with E-state index in [-0.39, 0.29) is 23.8 Å². The van der Waals surface area contributed by atoms with Crippen LogP contribution >= 0.6 is 0 Å². The van der Waals surface area contributed by atoms with Gasteiger partial charge in [0.05, 0.1) is 24.0 Å². The summed E-state index contributed by atoms with van der Waals surface area (Å²) in [5.41, 5.74) is 1.71. The third-order valence-corrected chi connectivity index (χ3v) is 6.58. The number of H-pyrrole nitrogens is 1. The van der Waals surface area contributed by atoms with Gasteiger partial charge in [0.15, 0.2) is 11.6 Å². The lowest BCUT2D eigenvalue weighted by molar-refractivity contribution is -0.140. The lowest BCUT2D eigenvalue weighted by Crippen LogP contribution is -2.37. The Labute approximate surface area is 227 Å². The Morgan fingerprint density at radius 3 is 2.51 bits per heavy atom. The zero-order valence-electron chi connectivity index (χ0n) is 23.2. The molecule has 2 heterocycles. The number of benzene rings is 2. The highest BCUT2D eigenvalue weighted by atomic mass is 19.2. The number of amides is 1. The van der Waals surface area contributed by atoms with Crippen molar-refractivity contribution in [2.75, 3.05) is 33.8 Å². The van der Waals surface area contributed by atoms with Crippen molar-refractivity contribution in [2.45, 2.75) is 45.6 Å². The van der Waals surface area contributed by atoms with Crippen LogP contribution in [-0.4, -0.2) is 66.6 Å². The predicted molar refractivity (Wildman–Crippen MR) is 147 cm³/mol. The maximum absolute atomic E-state index is 13.9. The predicted octanol–water partition coefficient (Wildman–Crippen LogP) is 5.50. The van der Waals surface area contributed by atoms with Crippen molar-refractivity contribution in [2.24, 2.45) is 0 Å². The molecule has 0 saturated heterocycles. The van der Waals surface area contributed by atoms with Crippen LogP contribution in [0.1, 0.15) is 55.7 Å². The first-order valence-electron chi connectivity index (χ1n) is 13.0. The summed E-state index contributed by atoms with van der Waals surface area (Å²) in [5, 5.41) is 0.890. The van der Waals surface area contributed by atoms with Crippen molar-refractivity contribution in [1.29, 1.82) is 0 Å². The van der Waals surface area contributed by atoms with Crippen LogP contribution in [0, 0.1) is 11.6 Å². The maximum atomic E-state index is 13.9. The second kappa shape index (κ2) is 11.2. The molecule has 1 aliphatic rings. The quantitative estimate of drug-likeness (QED) is 0.302. The molecule has 39 heavy (non-hydrogen) atoms. The summed E-state index contributed by atoms with van der Waals surface area (Å²) in [6.45, 7) is 9.11. The number of aromatic nitrogens is 1. The Morgan fingerprint density at radius 2 is 1.85 bits per heavy atom. The third-order valence-electron chi connectivity index (χ3n) is 6.58. The minimum atomic E-state index is -1.12. The molecule has 1 aromatic heterocycles. The van der Waals surface area contributed by atoms with Crippen LogP contribution in [0.15, 0.2) is 42.6 Å². The highest BCUT2D eigenvalue weighted by Gasteiger charge is 2.38. The number of ether oxygens (including phenoxy) is 2. The number of carbonyl (C=O) groups excluding carboxylic acids is 2. The van der Waals surface area contributed by atoms with E-state index in [2.05, 4.69) is 9.88 Å². The van der Waals surface area contributed by atoms with E-state index in [4.69, 9.17) is 9.47 Å². The summed E-state index contributed by atoms with van der Waals surface area (Å²) < 4.78 is 39.0.